The number of rotatable bonds is 5. The summed E-state index contributed by atoms with van der Waals surface area (Å²) in [5, 5.41) is 9.06. The average molecular weight is 327 g/mol. The quantitative estimate of drug-likeness (QED) is 0.844. The zero-order valence-electron chi connectivity index (χ0n) is 13.2. The van der Waals surface area contributed by atoms with E-state index in [1.807, 2.05) is 6.07 Å². The summed E-state index contributed by atoms with van der Waals surface area (Å²) in [5.41, 5.74) is 1.83. The average Bonchev–Trinajstić information content (AvgIpc) is 2.63. The SMILES string of the molecule is N#Cc1cc(-c2ccc(F)cc2)c(OCCN2CCOCC2)cn1. The fraction of sp³-hybridized carbons (Fsp3) is 0.333. The zero-order valence-corrected chi connectivity index (χ0v) is 13.2. The first kappa shape index (κ1) is 16.4. The summed E-state index contributed by atoms with van der Waals surface area (Å²) < 4.78 is 24.3. The van der Waals surface area contributed by atoms with E-state index >= 15 is 0 Å². The molecule has 2 heterocycles. The van der Waals surface area contributed by atoms with Gasteiger partial charge in [-0.2, -0.15) is 5.26 Å². The smallest absolute Gasteiger partial charge is 0.145 e. The highest BCUT2D eigenvalue weighted by Gasteiger charge is 2.12. The number of hydrogen-bond donors (Lipinski definition) is 0. The van der Waals surface area contributed by atoms with Crippen molar-refractivity contribution < 1.29 is 13.9 Å². The lowest BCUT2D eigenvalue weighted by molar-refractivity contribution is 0.0322. The summed E-state index contributed by atoms with van der Waals surface area (Å²) in [4.78, 5) is 6.35. The van der Waals surface area contributed by atoms with Gasteiger partial charge in [0.05, 0.1) is 19.4 Å². The van der Waals surface area contributed by atoms with Gasteiger partial charge in [-0.25, -0.2) is 9.37 Å². The Bertz CT molecular complexity index is 722. The third kappa shape index (κ3) is 4.07. The number of halogens is 1. The van der Waals surface area contributed by atoms with Crippen molar-refractivity contribution in [2.24, 2.45) is 0 Å². The highest BCUT2D eigenvalue weighted by Crippen LogP contribution is 2.30. The van der Waals surface area contributed by atoms with Crippen LogP contribution in [0, 0.1) is 17.1 Å². The Labute approximate surface area is 140 Å². The van der Waals surface area contributed by atoms with E-state index in [0.717, 1.165) is 44.0 Å². The van der Waals surface area contributed by atoms with E-state index in [2.05, 4.69) is 9.88 Å². The van der Waals surface area contributed by atoms with E-state index in [1.165, 1.54) is 12.1 Å². The molecular weight excluding hydrogens is 309 g/mol. The summed E-state index contributed by atoms with van der Waals surface area (Å²) in [7, 11) is 0. The largest absolute Gasteiger partial charge is 0.490 e. The number of ether oxygens (including phenoxy) is 2. The Hall–Kier alpha value is -2.49. The van der Waals surface area contributed by atoms with E-state index in [-0.39, 0.29) is 5.82 Å². The lowest BCUT2D eigenvalue weighted by Gasteiger charge is -2.26. The summed E-state index contributed by atoms with van der Waals surface area (Å²) >= 11 is 0. The van der Waals surface area contributed by atoms with Crippen molar-refractivity contribution in [3.63, 3.8) is 0 Å². The van der Waals surface area contributed by atoms with Crippen molar-refractivity contribution in [2.45, 2.75) is 0 Å². The van der Waals surface area contributed by atoms with Crippen LogP contribution in [-0.2, 0) is 4.74 Å². The normalized spacial score (nSPS) is 15.0. The van der Waals surface area contributed by atoms with E-state index < -0.39 is 0 Å². The molecule has 2 aromatic rings. The van der Waals surface area contributed by atoms with Crippen molar-refractivity contribution >= 4 is 0 Å². The number of aromatic nitrogens is 1. The van der Waals surface area contributed by atoms with Gasteiger partial charge >= 0.3 is 0 Å². The van der Waals surface area contributed by atoms with Crippen LogP contribution < -0.4 is 4.74 Å². The van der Waals surface area contributed by atoms with Gasteiger partial charge in [-0.1, -0.05) is 12.1 Å². The molecule has 5 nitrogen and oxygen atoms in total. The third-order valence-electron chi connectivity index (χ3n) is 3.91. The number of morpholine rings is 1. The van der Waals surface area contributed by atoms with E-state index in [4.69, 9.17) is 14.7 Å². The van der Waals surface area contributed by atoms with Crippen molar-refractivity contribution in [2.75, 3.05) is 39.5 Å². The standard InChI is InChI=1S/C18H18FN3O2/c19-15-3-1-14(2-4-15)17-11-16(12-20)21-13-18(17)24-10-7-22-5-8-23-9-6-22/h1-4,11,13H,5-10H2. The van der Waals surface area contributed by atoms with Crippen molar-refractivity contribution in [1.82, 2.24) is 9.88 Å². The molecule has 1 aromatic heterocycles. The number of nitrogens with zero attached hydrogens (tertiary/aromatic N) is 3. The highest BCUT2D eigenvalue weighted by atomic mass is 19.1. The molecule has 0 aliphatic carbocycles. The van der Waals surface area contributed by atoms with Crippen LogP contribution >= 0.6 is 0 Å². The molecule has 3 rings (SSSR count). The van der Waals surface area contributed by atoms with Gasteiger partial charge in [-0.3, -0.25) is 4.90 Å². The summed E-state index contributed by atoms with van der Waals surface area (Å²) in [5.74, 6) is 0.289. The minimum absolute atomic E-state index is 0.301. The van der Waals surface area contributed by atoms with Crippen LogP contribution in [0.3, 0.4) is 0 Å². The van der Waals surface area contributed by atoms with Crippen LogP contribution in [0.1, 0.15) is 5.69 Å². The van der Waals surface area contributed by atoms with Gasteiger partial charge in [0.25, 0.3) is 0 Å². The maximum absolute atomic E-state index is 13.1. The Morgan fingerprint density at radius 3 is 2.71 bits per heavy atom. The molecule has 0 atom stereocenters. The molecular formula is C18H18FN3O2. The predicted octanol–water partition coefficient (Wildman–Crippen LogP) is 2.47. The molecule has 0 saturated carbocycles. The van der Waals surface area contributed by atoms with Gasteiger partial charge in [0.15, 0.2) is 0 Å². The zero-order chi connectivity index (χ0) is 16.8. The number of nitriles is 1. The Balaban J connectivity index is 1.74. The van der Waals surface area contributed by atoms with Gasteiger partial charge < -0.3 is 9.47 Å². The molecule has 0 radical (unpaired) electrons. The van der Waals surface area contributed by atoms with E-state index in [1.54, 1.807) is 24.4 Å². The van der Waals surface area contributed by atoms with Gasteiger partial charge in [-0.15, -0.1) is 0 Å². The second-order valence-electron chi connectivity index (χ2n) is 5.49. The third-order valence-corrected chi connectivity index (χ3v) is 3.91. The van der Waals surface area contributed by atoms with Gasteiger partial charge in [0, 0.05) is 25.2 Å². The lowest BCUT2D eigenvalue weighted by atomic mass is 10.1. The fourth-order valence-corrected chi connectivity index (χ4v) is 2.58. The fourth-order valence-electron chi connectivity index (χ4n) is 2.58. The molecule has 24 heavy (non-hydrogen) atoms. The molecule has 0 bridgehead atoms. The monoisotopic (exact) mass is 327 g/mol. The van der Waals surface area contributed by atoms with Crippen LogP contribution in [0.25, 0.3) is 11.1 Å². The molecule has 6 heteroatoms. The number of benzene rings is 1. The molecule has 1 aliphatic rings. The van der Waals surface area contributed by atoms with Crippen LogP contribution in [0.15, 0.2) is 36.5 Å². The molecule has 0 unspecified atom stereocenters. The number of pyridine rings is 1. The van der Waals surface area contributed by atoms with Gasteiger partial charge in [0.2, 0.25) is 0 Å². The highest BCUT2D eigenvalue weighted by molar-refractivity contribution is 5.70. The predicted molar refractivity (Wildman–Crippen MR) is 87.1 cm³/mol. The Morgan fingerprint density at radius 1 is 1.25 bits per heavy atom. The molecule has 0 amide bonds. The second kappa shape index (κ2) is 7.86. The first-order chi connectivity index (χ1) is 11.8. The Morgan fingerprint density at radius 2 is 2.00 bits per heavy atom. The summed E-state index contributed by atoms with van der Waals surface area (Å²) in [6, 6.07) is 9.80. The molecule has 124 valence electrons. The maximum atomic E-state index is 13.1. The molecule has 0 N–H and O–H groups in total. The molecule has 1 fully saturated rings. The first-order valence-corrected chi connectivity index (χ1v) is 7.85. The minimum atomic E-state index is -0.303. The van der Waals surface area contributed by atoms with Crippen LogP contribution in [0.5, 0.6) is 5.75 Å². The van der Waals surface area contributed by atoms with Crippen LogP contribution in [-0.4, -0.2) is 49.3 Å². The van der Waals surface area contributed by atoms with Crippen LogP contribution in [0.2, 0.25) is 0 Å². The molecule has 1 aliphatic heterocycles. The summed E-state index contributed by atoms with van der Waals surface area (Å²) in [6.45, 7) is 4.62. The van der Waals surface area contributed by atoms with E-state index in [0.29, 0.717) is 18.1 Å². The summed E-state index contributed by atoms with van der Waals surface area (Å²) in [6.07, 6.45) is 1.55. The van der Waals surface area contributed by atoms with Gasteiger partial charge in [0.1, 0.15) is 29.9 Å². The Kier molecular flexibility index (Phi) is 5.36. The van der Waals surface area contributed by atoms with E-state index in [9.17, 15) is 4.39 Å². The second-order valence-corrected chi connectivity index (χ2v) is 5.49. The topological polar surface area (TPSA) is 58.4 Å². The minimum Gasteiger partial charge on any atom is -0.490 e. The van der Waals surface area contributed by atoms with Crippen molar-refractivity contribution in [1.29, 1.82) is 5.26 Å². The lowest BCUT2D eigenvalue weighted by Crippen LogP contribution is -2.38. The number of hydrogen-bond acceptors (Lipinski definition) is 5. The maximum Gasteiger partial charge on any atom is 0.145 e. The molecule has 1 saturated heterocycles. The first-order valence-electron chi connectivity index (χ1n) is 7.85. The molecule has 1 aromatic carbocycles. The molecule has 0 spiro atoms. The van der Waals surface area contributed by atoms with Gasteiger partial charge in [-0.05, 0) is 23.8 Å². The van der Waals surface area contributed by atoms with Crippen LogP contribution in [0.4, 0.5) is 4.39 Å². The van der Waals surface area contributed by atoms with Crippen molar-refractivity contribution in [3.05, 3.63) is 48.0 Å². The van der Waals surface area contributed by atoms with Crippen molar-refractivity contribution in [3.8, 4) is 22.9 Å².